The van der Waals surface area contributed by atoms with E-state index in [1.165, 1.54) is 18.4 Å². The smallest absolute Gasteiger partial charge is 0.158 e. The van der Waals surface area contributed by atoms with Crippen LogP contribution in [-0.4, -0.2) is 19.5 Å². The lowest BCUT2D eigenvalue weighted by molar-refractivity contribution is -0.156. The van der Waals surface area contributed by atoms with E-state index in [4.69, 9.17) is 9.47 Å². The molecule has 70 valence electrons. The molecule has 1 saturated heterocycles. The van der Waals surface area contributed by atoms with Crippen LogP contribution < -0.4 is 0 Å². The van der Waals surface area contributed by atoms with E-state index < -0.39 is 0 Å². The minimum absolute atomic E-state index is 0.0463. The highest BCUT2D eigenvalue weighted by atomic mass is 127. The number of hydrogen-bond acceptors (Lipinski definition) is 2. The van der Waals surface area contributed by atoms with Gasteiger partial charge >= 0.3 is 0 Å². The van der Waals surface area contributed by atoms with Crippen LogP contribution in [0.25, 0.3) is 0 Å². The van der Waals surface area contributed by atoms with Crippen molar-refractivity contribution in [2.75, 3.05) is 13.2 Å². The Morgan fingerprint density at radius 2 is 2.50 bits per heavy atom. The first-order valence-electron chi connectivity index (χ1n) is 4.32. The highest BCUT2D eigenvalue weighted by molar-refractivity contribution is 14.1. The van der Waals surface area contributed by atoms with Crippen LogP contribution in [0.4, 0.5) is 0 Å². The lowest BCUT2D eigenvalue weighted by Crippen LogP contribution is -2.22. The summed E-state index contributed by atoms with van der Waals surface area (Å²) >= 11 is 2.22. The summed E-state index contributed by atoms with van der Waals surface area (Å²) in [5, 5.41) is 0. The molecule has 1 fully saturated rings. The van der Waals surface area contributed by atoms with E-state index in [9.17, 15) is 0 Å². The Bertz CT molecular complexity index is 151. The third kappa shape index (κ3) is 3.87. The van der Waals surface area contributed by atoms with Crippen molar-refractivity contribution in [1.82, 2.24) is 0 Å². The Labute approximate surface area is 87.5 Å². The topological polar surface area (TPSA) is 18.5 Å². The van der Waals surface area contributed by atoms with Crippen molar-refractivity contribution in [1.29, 1.82) is 0 Å². The molecular formula is C9H15IO2. The molecule has 1 rings (SSSR count). The summed E-state index contributed by atoms with van der Waals surface area (Å²) in [6, 6.07) is 0. The molecule has 0 radical (unpaired) electrons. The van der Waals surface area contributed by atoms with Gasteiger partial charge in [-0.2, -0.15) is 0 Å². The maximum absolute atomic E-state index is 5.54. The molecule has 1 atom stereocenters. The van der Waals surface area contributed by atoms with Crippen molar-refractivity contribution >= 4 is 22.6 Å². The second kappa shape index (κ2) is 5.94. The molecule has 0 aromatic heterocycles. The van der Waals surface area contributed by atoms with Crippen LogP contribution in [0.5, 0.6) is 0 Å². The Morgan fingerprint density at radius 3 is 3.08 bits per heavy atom. The van der Waals surface area contributed by atoms with Crippen molar-refractivity contribution in [3.8, 4) is 0 Å². The summed E-state index contributed by atoms with van der Waals surface area (Å²) in [5.41, 5.74) is 1.25. The lowest BCUT2D eigenvalue weighted by atomic mass is 10.2. The normalized spacial score (nSPS) is 25.8. The SMILES string of the molecule is C/C(=C/I)CO[C@H]1CCCCO1. The average Bonchev–Trinajstić information content (AvgIpc) is 2.16. The number of rotatable bonds is 3. The zero-order valence-electron chi connectivity index (χ0n) is 7.38. The minimum atomic E-state index is 0.0463. The zero-order chi connectivity index (χ0) is 8.81. The van der Waals surface area contributed by atoms with Crippen molar-refractivity contribution in [3.05, 3.63) is 9.66 Å². The summed E-state index contributed by atoms with van der Waals surface area (Å²) in [5.74, 6) is 0. The van der Waals surface area contributed by atoms with Gasteiger partial charge in [0.15, 0.2) is 6.29 Å². The third-order valence-electron chi connectivity index (χ3n) is 1.82. The van der Waals surface area contributed by atoms with Crippen molar-refractivity contribution in [2.24, 2.45) is 0 Å². The van der Waals surface area contributed by atoms with E-state index in [-0.39, 0.29) is 6.29 Å². The van der Waals surface area contributed by atoms with Gasteiger partial charge in [0.05, 0.1) is 6.61 Å². The molecule has 1 heterocycles. The summed E-state index contributed by atoms with van der Waals surface area (Å²) in [7, 11) is 0. The number of ether oxygens (including phenoxy) is 2. The first-order valence-corrected chi connectivity index (χ1v) is 5.56. The summed E-state index contributed by atoms with van der Waals surface area (Å²) in [6.45, 7) is 3.63. The Hall–Kier alpha value is 0.390. The standard InChI is InChI=1S/C9H15IO2/c1-8(6-10)7-12-9-4-2-3-5-11-9/h6,9H,2-5,7H2,1H3/b8-6-/t9-/m0/s1. The van der Waals surface area contributed by atoms with E-state index in [2.05, 4.69) is 29.5 Å². The largest absolute Gasteiger partial charge is 0.353 e. The monoisotopic (exact) mass is 282 g/mol. The summed E-state index contributed by atoms with van der Waals surface area (Å²) < 4.78 is 13.0. The predicted octanol–water partition coefficient (Wildman–Crippen LogP) is 2.87. The fraction of sp³-hybridized carbons (Fsp3) is 0.778. The molecule has 1 aliphatic heterocycles. The predicted molar refractivity (Wildman–Crippen MR) is 57.3 cm³/mol. The van der Waals surface area contributed by atoms with Crippen molar-refractivity contribution in [2.45, 2.75) is 32.5 Å². The quantitative estimate of drug-likeness (QED) is 0.741. The van der Waals surface area contributed by atoms with Crippen LogP contribution in [-0.2, 0) is 9.47 Å². The van der Waals surface area contributed by atoms with Gasteiger partial charge in [-0.1, -0.05) is 22.6 Å². The van der Waals surface area contributed by atoms with E-state index in [1.807, 2.05) is 4.08 Å². The van der Waals surface area contributed by atoms with E-state index in [1.54, 1.807) is 0 Å². The van der Waals surface area contributed by atoms with Crippen molar-refractivity contribution < 1.29 is 9.47 Å². The second-order valence-corrected chi connectivity index (χ2v) is 3.69. The fourth-order valence-electron chi connectivity index (χ4n) is 1.10. The Kier molecular flexibility index (Phi) is 5.18. The molecule has 0 unspecified atom stereocenters. The van der Waals surface area contributed by atoms with Crippen LogP contribution in [0.2, 0.25) is 0 Å². The molecule has 0 aliphatic carbocycles. The van der Waals surface area contributed by atoms with Crippen molar-refractivity contribution in [3.63, 3.8) is 0 Å². The van der Waals surface area contributed by atoms with Gasteiger partial charge in [-0.25, -0.2) is 0 Å². The molecule has 0 amide bonds. The Morgan fingerprint density at radius 1 is 1.67 bits per heavy atom. The van der Waals surface area contributed by atoms with Gasteiger partial charge in [-0.3, -0.25) is 0 Å². The molecule has 0 aromatic rings. The molecule has 0 aromatic carbocycles. The van der Waals surface area contributed by atoms with Gasteiger partial charge in [0.25, 0.3) is 0 Å². The molecule has 0 bridgehead atoms. The maximum Gasteiger partial charge on any atom is 0.158 e. The molecule has 0 spiro atoms. The van der Waals surface area contributed by atoms with Crippen LogP contribution in [0.15, 0.2) is 9.66 Å². The fourth-order valence-corrected chi connectivity index (χ4v) is 1.28. The van der Waals surface area contributed by atoms with Crippen LogP contribution in [0.1, 0.15) is 26.2 Å². The number of halogens is 1. The van der Waals surface area contributed by atoms with Gasteiger partial charge in [0.1, 0.15) is 0 Å². The third-order valence-corrected chi connectivity index (χ3v) is 2.88. The van der Waals surface area contributed by atoms with Gasteiger partial charge in [-0.05, 0) is 35.8 Å². The first-order chi connectivity index (χ1) is 5.83. The maximum atomic E-state index is 5.54. The zero-order valence-corrected chi connectivity index (χ0v) is 9.54. The van der Waals surface area contributed by atoms with Gasteiger partial charge in [0.2, 0.25) is 0 Å². The highest BCUT2D eigenvalue weighted by Gasteiger charge is 2.13. The molecule has 0 N–H and O–H groups in total. The van der Waals surface area contributed by atoms with E-state index >= 15 is 0 Å². The molecule has 1 aliphatic rings. The minimum Gasteiger partial charge on any atom is -0.353 e. The number of hydrogen-bond donors (Lipinski definition) is 0. The first kappa shape index (κ1) is 10.5. The second-order valence-electron chi connectivity index (χ2n) is 3.06. The molecule has 12 heavy (non-hydrogen) atoms. The summed E-state index contributed by atoms with van der Waals surface area (Å²) in [6.07, 6.45) is 3.51. The average molecular weight is 282 g/mol. The van der Waals surface area contributed by atoms with Crippen LogP contribution in [0, 0.1) is 0 Å². The molecule has 0 saturated carbocycles. The molecular weight excluding hydrogens is 267 g/mol. The Balaban J connectivity index is 2.13. The van der Waals surface area contributed by atoms with Gasteiger partial charge < -0.3 is 9.47 Å². The van der Waals surface area contributed by atoms with Gasteiger partial charge in [-0.15, -0.1) is 0 Å². The van der Waals surface area contributed by atoms with Crippen LogP contribution in [0.3, 0.4) is 0 Å². The highest BCUT2D eigenvalue weighted by Crippen LogP contribution is 2.14. The van der Waals surface area contributed by atoms with Gasteiger partial charge in [0, 0.05) is 6.61 Å². The summed E-state index contributed by atoms with van der Waals surface area (Å²) in [4.78, 5) is 0. The van der Waals surface area contributed by atoms with E-state index in [0.29, 0.717) is 6.61 Å². The molecule has 2 nitrogen and oxygen atoms in total. The van der Waals surface area contributed by atoms with Crippen LogP contribution >= 0.6 is 22.6 Å². The molecule has 3 heteroatoms. The van der Waals surface area contributed by atoms with E-state index in [0.717, 1.165) is 13.0 Å². The lowest BCUT2D eigenvalue weighted by Gasteiger charge is -2.22.